The number of carbonyl (C=O) groups is 2. The molecule has 158 valence electrons. The van der Waals surface area contributed by atoms with Crippen LogP contribution in [-0.2, 0) is 19.1 Å². The second-order valence-corrected chi connectivity index (χ2v) is 6.21. The number of nitrogens with zero attached hydrogens (tertiary/aromatic N) is 2. The zero-order chi connectivity index (χ0) is 21.8. The van der Waals surface area contributed by atoms with Crippen molar-refractivity contribution in [2.24, 2.45) is 0 Å². The van der Waals surface area contributed by atoms with Crippen molar-refractivity contribution in [3.8, 4) is 0 Å². The Balaban J connectivity index is 2.17. The first kappa shape index (κ1) is 22.9. The number of halogens is 1. The van der Waals surface area contributed by atoms with Gasteiger partial charge in [-0.1, -0.05) is 17.7 Å². The second-order valence-electron chi connectivity index (χ2n) is 5.77. The van der Waals surface area contributed by atoms with Gasteiger partial charge in [-0.05, 0) is 50.4 Å². The molecule has 0 aromatic carbocycles. The molecule has 0 amide bonds. The van der Waals surface area contributed by atoms with Crippen molar-refractivity contribution < 1.29 is 19.1 Å². The summed E-state index contributed by atoms with van der Waals surface area (Å²) in [4.78, 5) is 32.8. The highest BCUT2D eigenvalue weighted by Crippen LogP contribution is 2.16. The molecule has 0 aliphatic heterocycles. The van der Waals surface area contributed by atoms with E-state index in [0.717, 1.165) is 0 Å². The van der Waals surface area contributed by atoms with Gasteiger partial charge in [0.05, 0.1) is 23.9 Å². The summed E-state index contributed by atoms with van der Waals surface area (Å²) >= 11 is 5.82. The number of hydrogen-bond donors (Lipinski definition) is 2. The molecule has 0 aliphatic carbocycles. The first-order valence-electron chi connectivity index (χ1n) is 9.31. The van der Waals surface area contributed by atoms with Gasteiger partial charge in [0.1, 0.15) is 17.4 Å². The highest BCUT2D eigenvalue weighted by atomic mass is 35.5. The minimum absolute atomic E-state index is 0.119. The highest BCUT2D eigenvalue weighted by Gasteiger charge is 2.20. The molecule has 0 radical (unpaired) electrons. The SMILES string of the molecule is CCOC(=O)/C(=C\Nc1ccc(Cl)cn1)N/C=C/C(C(=O)OCC)c1ccccn1. The third kappa shape index (κ3) is 7.21. The van der Waals surface area contributed by atoms with E-state index in [1.807, 2.05) is 0 Å². The summed E-state index contributed by atoms with van der Waals surface area (Å²) in [5.41, 5.74) is 0.646. The van der Waals surface area contributed by atoms with Gasteiger partial charge in [0.15, 0.2) is 0 Å². The molecule has 0 fully saturated rings. The van der Waals surface area contributed by atoms with E-state index in [1.165, 1.54) is 18.6 Å². The van der Waals surface area contributed by atoms with Gasteiger partial charge >= 0.3 is 11.9 Å². The molecule has 2 aromatic heterocycles. The van der Waals surface area contributed by atoms with Crippen LogP contribution in [0.2, 0.25) is 5.02 Å². The summed E-state index contributed by atoms with van der Waals surface area (Å²) in [6.07, 6.45) is 7.52. The van der Waals surface area contributed by atoms with Gasteiger partial charge in [0.2, 0.25) is 0 Å². The molecule has 2 rings (SSSR count). The molecule has 1 atom stereocenters. The molecular weight excluding hydrogens is 408 g/mol. The quantitative estimate of drug-likeness (QED) is 0.436. The normalized spacial score (nSPS) is 12.3. The van der Waals surface area contributed by atoms with Gasteiger partial charge < -0.3 is 20.1 Å². The van der Waals surface area contributed by atoms with Gasteiger partial charge in [-0.3, -0.25) is 9.78 Å². The third-order valence-electron chi connectivity index (χ3n) is 3.66. The first-order chi connectivity index (χ1) is 14.5. The molecule has 0 bridgehead atoms. The number of anilines is 1. The fourth-order valence-electron chi connectivity index (χ4n) is 2.30. The van der Waals surface area contributed by atoms with Crippen molar-refractivity contribution >= 4 is 29.4 Å². The fraction of sp³-hybridized carbons (Fsp3) is 0.238. The maximum absolute atomic E-state index is 12.3. The smallest absolute Gasteiger partial charge is 0.356 e. The van der Waals surface area contributed by atoms with Crippen molar-refractivity contribution in [2.75, 3.05) is 18.5 Å². The zero-order valence-corrected chi connectivity index (χ0v) is 17.4. The van der Waals surface area contributed by atoms with E-state index < -0.39 is 17.9 Å². The van der Waals surface area contributed by atoms with Crippen molar-refractivity contribution in [2.45, 2.75) is 19.8 Å². The standard InChI is InChI=1S/C21H23ClN4O4/c1-3-29-20(27)16(17-7-5-6-11-23-17)10-12-24-18(21(28)30-4-2)14-26-19-9-8-15(22)13-25-19/h5-14,16,24H,3-4H2,1-2H3,(H,25,26)/b12-10+,18-14+. The van der Waals surface area contributed by atoms with Crippen LogP contribution in [0.1, 0.15) is 25.5 Å². The maximum Gasteiger partial charge on any atom is 0.356 e. The summed E-state index contributed by atoms with van der Waals surface area (Å²) in [6, 6.07) is 8.59. The average molecular weight is 431 g/mol. The average Bonchev–Trinajstić information content (AvgIpc) is 2.75. The molecule has 8 nitrogen and oxygen atoms in total. The third-order valence-corrected chi connectivity index (χ3v) is 3.89. The number of rotatable bonds is 10. The Morgan fingerprint density at radius 1 is 1.13 bits per heavy atom. The molecule has 2 heterocycles. The Bertz CT molecular complexity index is 886. The monoisotopic (exact) mass is 430 g/mol. The lowest BCUT2D eigenvalue weighted by Gasteiger charge is -2.12. The molecule has 0 spiro atoms. The van der Waals surface area contributed by atoms with Crippen LogP contribution >= 0.6 is 11.6 Å². The van der Waals surface area contributed by atoms with Crippen LogP contribution in [0.15, 0.2) is 66.9 Å². The molecule has 0 aliphatic rings. The Morgan fingerprint density at radius 3 is 2.57 bits per heavy atom. The van der Waals surface area contributed by atoms with Crippen LogP contribution in [0, 0.1) is 0 Å². The molecule has 30 heavy (non-hydrogen) atoms. The Kier molecular flexibility index (Phi) is 9.33. The van der Waals surface area contributed by atoms with Crippen molar-refractivity contribution in [1.82, 2.24) is 15.3 Å². The molecule has 0 saturated carbocycles. The fourth-order valence-corrected chi connectivity index (χ4v) is 2.41. The van der Waals surface area contributed by atoms with Crippen LogP contribution in [0.3, 0.4) is 0 Å². The first-order valence-corrected chi connectivity index (χ1v) is 9.69. The molecule has 2 aromatic rings. The minimum atomic E-state index is -0.729. The Hall–Kier alpha value is -3.39. The van der Waals surface area contributed by atoms with Gasteiger partial charge in [0.25, 0.3) is 0 Å². The number of carbonyl (C=O) groups excluding carboxylic acids is 2. The van der Waals surface area contributed by atoms with Crippen LogP contribution < -0.4 is 10.6 Å². The highest BCUT2D eigenvalue weighted by molar-refractivity contribution is 6.30. The Morgan fingerprint density at radius 2 is 1.93 bits per heavy atom. The largest absolute Gasteiger partial charge is 0.465 e. The van der Waals surface area contributed by atoms with Crippen molar-refractivity contribution in [3.63, 3.8) is 0 Å². The van der Waals surface area contributed by atoms with E-state index in [1.54, 1.807) is 56.5 Å². The van der Waals surface area contributed by atoms with Crippen molar-refractivity contribution in [3.05, 3.63) is 77.6 Å². The number of hydrogen-bond acceptors (Lipinski definition) is 8. The summed E-state index contributed by atoms with van der Waals surface area (Å²) in [6.45, 7) is 3.89. The van der Waals surface area contributed by atoms with E-state index in [-0.39, 0.29) is 18.9 Å². The van der Waals surface area contributed by atoms with E-state index in [9.17, 15) is 9.59 Å². The summed E-state index contributed by atoms with van der Waals surface area (Å²) < 4.78 is 10.2. The molecule has 0 saturated heterocycles. The molecule has 2 N–H and O–H groups in total. The topological polar surface area (TPSA) is 102 Å². The summed E-state index contributed by atoms with van der Waals surface area (Å²) in [7, 11) is 0. The van der Waals surface area contributed by atoms with E-state index in [2.05, 4.69) is 20.6 Å². The number of esters is 2. The van der Waals surface area contributed by atoms with Crippen LogP contribution in [-0.4, -0.2) is 35.1 Å². The lowest BCUT2D eigenvalue weighted by atomic mass is 10.1. The lowest BCUT2D eigenvalue weighted by Crippen LogP contribution is -2.21. The molecular formula is C21H23ClN4O4. The van der Waals surface area contributed by atoms with Gasteiger partial charge in [-0.15, -0.1) is 0 Å². The van der Waals surface area contributed by atoms with Gasteiger partial charge in [-0.25, -0.2) is 9.78 Å². The lowest BCUT2D eigenvalue weighted by molar-refractivity contribution is -0.143. The Labute approximate surface area is 180 Å². The summed E-state index contributed by atoms with van der Waals surface area (Å²) in [5, 5.41) is 6.22. The molecule has 1 unspecified atom stereocenters. The van der Waals surface area contributed by atoms with Crippen LogP contribution in [0.25, 0.3) is 0 Å². The number of pyridine rings is 2. The number of nitrogens with one attached hydrogen (secondary N) is 2. The minimum Gasteiger partial charge on any atom is -0.465 e. The van der Waals surface area contributed by atoms with Gasteiger partial charge in [0, 0.05) is 18.6 Å². The van der Waals surface area contributed by atoms with E-state index in [4.69, 9.17) is 21.1 Å². The predicted octanol–water partition coefficient (Wildman–Crippen LogP) is 3.40. The van der Waals surface area contributed by atoms with Gasteiger partial charge in [-0.2, -0.15) is 0 Å². The van der Waals surface area contributed by atoms with E-state index >= 15 is 0 Å². The van der Waals surface area contributed by atoms with Crippen molar-refractivity contribution in [1.29, 1.82) is 0 Å². The van der Waals surface area contributed by atoms with Crippen LogP contribution in [0.5, 0.6) is 0 Å². The summed E-state index contributed by atoms with van der Waals surface area (Å²) in [5.74, 6) is -1.26. The zero-order valence-electron chi connectivity index (χ0n) is 16.7. The second kappa shape index (κ2) is 12.2. The predicted molar refractivity (Wildman–Crippen MR) is 113 cm³/mol. The van der Waals surface area contributed by atoms with Crippen LogP contribution in [0.4, 0.5) is 5.82 Å². The number of aromatic nitrogens is 2. The molecule has 9 heteroatoms. The number of ether oxygens (including phenoxy) is 2. The van der Waals surface area contributed by atoms with E-state index in [0.29, 0.717) is 16.5 Å². The maximum atomic E-state index is 12.3.